The van der Waals surface area contributed by atoms with Crippen molar-refractivity contribution in [2.45, 2.75) is 30.9 Å². The second-order valence-electron chi connectivity index (χ2n) is 6.83. The van der Waals surface area contributed by atoms with Gasteiger partial charge in [0.1, 0.15) is 11.3 Å². The summed E-state index contributed by atoms with van der Waals surface area (Å²) in [6, 6.07) is 13.9. The van der Waals surface area contributed by atoms with Crippen LogP contribution in [-0.2, 0) is 16.0 Å². The predicted octanol–water partition coefficient (Wildman–Crippen LogP) is 1.98. The van der Waals surface area contributed by atoms with Crippen LogP contribution >= 0.6 is 0 Å². The van der Waals surface area contributed by atoms with Gasteiger partial charge in [0, 0.05) is 17.7 Å². The highest BCUT2D eigenvalue weighted by atomic mass is 16.5. The van der Waals surface area contributed by atoms with Crippen molar-refractivity contribution in [3.05, 3.63) is 59.7 Å². The lowest BCUT2D eigenvalue weighted by Gasteiger charge is -2.14. The Labute approximate surface area is 155 Å². The van der Waals surface area contributed by atoms with Crippen LogP contribution in [0.25, 0.3) is 0 Å². The van der Waals surface area contributed by atoms with Crippen molar-refractivity contribution >= 4 is 23.5 Å². The summed E-state index contributed by atoms with van der Waals surface area (Å²) in [5.41, 5.74) is 0.567. The van der Waals surface area contributed by atoms with Gasteiger partial charge in [-0.05, 0) is 42.7 Å². The Kier molecular flexibility index (Phi) is 4.07. The first-order valence-electron chi connectivity index (χ1n) is 8.68. The van der Waals surface area contributed by atoms with E-state index in [9.17, 15) is 19.5 Å². The highest BCUT2D eigenvalue weighted by Gasteiger charge is 2.51. The average Bonchev–Trinajstić information content (AvgIpc) is 3.31. The minimum atomic E-state index is -1.15. The third-order valence-corrected chi connectivity index (χ3v) is 4.84. The summed E-state index contributed by atoms with van der Waals surface area (Å²) in [4.78, 5) is 36.0. The molecule has 0 bridgehead atoms. The van der Waals surface area contributed by atoms with Crippen molar-refractivity contribution in [3.8, 4) is 5.75 Å². The Morgan fingerprint density at radius 2 is 1.85 bits per heavy atom. The molecule has 2 aliphatic rings. The molecule has 1 fully saturated rings. The molecule has 0 saturated heterocycles. The minimum absolute atomic E-state index is 0.288. The number of carboxylic acids is 1. The molecule has 1 saturated carbocycles. The quantitative estimate of drug-likeness (QED) is 0.750. The van der Waals surface area contributed by atoms with E-state index < -0.39 is 23.5 Å². The highest BCUT2D eigenvalue weighted by molar-refractivity contribution is 6.01. The summed E-state index contributed by atoms with van der Waals surface area (Å²) < 4.78 is 5.66. The van der Waals surface area contributed by atoms with Gasteiger partial charge in [0.25, 0.3) is 11.8 Å². The van der Waals surface area contributed by atoms with E-state index in [0.29, 0.717) is 30.7 Å². The second-order valence-corrected chi connectivity index (χ2v) is 6.83. The van der Waals surface area contributed by atoms with Gasteiger partial charge >= 0.3 is 5.97 Å². The van der Waals surface area contributed by atoms with Crippen LogP contribution in [-0.4, -0.2) is 34.5 Å². The van der Waals surface area contributed by atoms with Crippen LogP contribution < -0.4 is 15.4 Å². The number of benzene rings is 2. The van der Waals surface area contributed by atoms with E-state index in [0.717, 1.165) is 5.56 Å². The van der Waals surface area contributed by atoms with E-state index in [1.54, 1.807) is 18.2 Å². The number of fused-ring (bicyclic) bond motifs is 1. The molecule has 0 aromatic heterocycles. The van der Waals surface area contributed by atoms with Crippen molar-refractivity contribution in [1.82, 2.24) is 5.32 Å². The molecule has 7 nitrogen and oxygen atoms in total. The first kappa shape index (κ1) is 17.1. The van der Waals surface area contributed by atoms with Gasteiger partial charge in [-0.25, -0.2) is 4.79 Å². The first-order chi connectivity index (χ1) is 13.0. The SMILES string of the molecule is O=C(NC1(C(=O)O)CC1)c1cccc(NC(=O)C2Cc3ccccc3O2)c1. The smallest absolute Gasteiger partial charge is 0.329 e. The molecule has 1 heterocycles. The van der Waals surface area contributed by atoms with Crippen LogP contribution in [0.15, 0.2) is 48.5 Å². The van der Waals surface area contributed by atoms with Crippen LogP contribution in [0.5, 0.6) is 5.75 Å². The Morgan fingerprint density at radius 1 is 1.07 bits per heavy atom. The number of hydrogen-bond acceptors (Lipinski definition) is 4. The molecule has 138 valence electrons. The summed E-state index contributed by atoms with van der Waals surface area (Å²) >= 11 is 0. The molecule has 1 atom stereocenters. The number of nitrogens with one attached hydrogen (secondary N) is 2. The number of carboxylic acid groups (broad SMARTS) is 1. The lowest BCUT2D eigenvalue weighted by Crippen LogP contribution is -2.43. The Bertz CT molecular complexity index is 910. The van der Waals surface area contributed by atoms with Gasteiger partial charge in [-0.1, -0.05) is 24.3 Å². The molecule has 1 aliphatic heterocycles. The summed E-state index contributed by atoms with van der Waals surface area (Å²) in [6.45, 7) is 0. The van der Waals surface area contributed by atoms with Gasteiger partial charge in [-0.2, -0.15) is 0 Å². The van der Waals surface area contributed by atoms with Crippen LogP contribution in [0, 0.1) is 0 Å². The molecule has 1 unspecified atom stereocenters. The number of carbonyl (C=O) groups excluding carboxylic acids is 2. The third-order valence-electron chi connectivity index (χ3n) is 4.84. The van der Waals surface area contributed by atoms with Gasteiger partial charge in [0.05, 0.1) is 0 Å². The van der Waals surface area contributed by atoms with Crippen molar-refractivity contribution in [2.75, 3.05) is 5.32 Å². The van der Waals surface area contributed by atoms with Crippen LogP contribution in [0.1, 0.15) is 28.8 Å². The van der Waals surface area contributed by atoms with Crippen LogP contribution in [0.4, 0.5) is 5.69 Å². The topological polar surface area (TPSA) is 105 Å². The van der Waals surface area contributed by atoms with Crippen molar-refractivity contribution in [2.24, 2.45) is 0 Å². The summed E-state index contributed by atoms with van der Waals surface area (Å²) in [5.74, 6) is -1.10. The molecule has 27 heavy (non-hydrogen) atoms. The van der Waals surface area contributed by atoms with Crippen molar-refractivity contribution in [1.29, 1.82) is 0 Å². The van der Waals surface area contributed by atoms with E-state index in [4.69, 9.17) is 4.74 Å². The fourth-order valence-corrected chi connectivity index (χ4v) is 3.10. The molecule has 2 amide bonds. The second kappa shape index (κ2) is 6.42. The Balaban J connectivity index is 1.42. The number of amides is 2. The lowest BCUT2D eigenvalue weighted by atomic mass is 10.1. The molecule has 7 heteroatoms. The van der Waals surface area contributed by atoms with Crippen molar-refractivity contribution < 1.29 is 24.2 Å². The zero-order valence-electron chi connectivity index (χ0n) is 14.4. The molecule has 2 aromatic rings. The fourth-order valence-electron chi connectivity index (χ4n) is 3.10. The molecule has 4 rings (SSSR count). The number of para-hydroxylation sites is 1. The van der Waals surface area contributed by atoms with Crippen molar-refractivity contribution in [3.63, 3.8) is 0 Å². The normalized spacial score (nSPS) is 18.7. The molecule has 3 N–H and O–H groups in total. The van der Waals surface area contributed by atoms with Gasteiger partial charge in [-0.15, -0.1) is 0 Å². The van der Waals surface area contributed by atoms with E-state index in [-0.39, 0.29) is 11.5 Å². The maximum Gasteiger partial charge on any atom is 0.329 e. The number of aliphatic carboxylic acids is 1. The first-order valence-corrected chi connectivity index (χ1v) is 8.68. The van der Waals surface area contributed by atoms with Gasteiger partial charge in [0.15, 0.2) is 6.10 Å². The molecule has 2 aromatic carbocycles. The van der Waals surface area contributed by atoms with Crippen LogP contribution in [0.2, 0.25) is 0 Å². The molecule has 0 spiro atoms. The highest BCUT2D eigenvalue weighted by Crippen LogP contribution is 2.36. The largest absolute Gasteiger partial charge is 0.480 e. The van der Waals surface area contributed by atoms with E-state index >= 15 is 0 Å². The van der Waals surface area contributed by atoms with E-state index in [1.165, 1.54) is 6.07 Å². The van der Waals surface area contributed by atoms with Crippen LogP contribution in [0.3, 0.4) is 0 Å². The van der Waals surface area contributed by atoms with Gasteiger partial charge < -0.3 is 20.5 Å². The maximum absolute atomic E-state index is 12.5. The van der Waals surface area contributed by atoms with Gasteiger partial charge in [0.2, 0.25) is 0 Å². The molecular formula is C20H18N2O5. The summed E-state index contributed by atoms with van der Waals surface area (Å²) in [7, 11) is 0. The minimum Gasteiger partial charge on any atom is -0.480 e. The number of carbonyl (C=O) groups is 3. The number of hydrogen-bond donors (Lipinski definition) is 3. The standard InChI is InChI=1S/C20H18N2O5/c23-17(22-20(8-9-20)19(25)26)13-5-3-6-14(10-13)21-18(24)16-11-12-4-1-2-7-15(12)27-16/h1-7,10,16H,8-9,11H2,(H,21,24)(H,22,23)(H,25,26). The van der Waals surface area contributed by atoms with Gasteiger partial charge in [-0.3, -0.25) is 9.59 Å². The number of rotatable bonds is 5. The van der Waals surface area contributed by atoms with E-state index in [1.807, 2.05) is 24.3 Å². The average molecular weight is 366 g/mol. The molecular weight excluding hydrogens is 348 g/mol. The Hall–Kier alpha value is -3.35. The third kappa shape index (κ3) is 3.36. The zero-order chi connectivity index (χ0) is 19.0. The summed E-state index contributed by atoms with van der Waals surface area (Å²) in [5, 5.41) is 14.5. The lowest BCUT2D eigenvalue weighted by molar-refractivity contribution is -0.140. The zero-order valence-corrected chi connectivity index (χ0v) is 14.4. The fraction of sp³-hybridized carbons (Fsp3) is 0.250. The van der Waals surface area contributed by atoms with E-state index in [2.05, 4.69) is 10.6 Å². The molecule has 0 radical (unpaired) electrons. The maximum atomic E-state index is 12.5. The predicted molar refractivity (Wildman–Crippen MR) is 96.7 cm³/mol. The monoisotopic (exact) mass is 366 g/mol. The number of ether oxygens (including phenoxy) is 1. The summed E-state index contributed by atoms with van der Waals surface area (Å²) in [6.07, 6.45) is 0.707. The Morgan fingerprint density at radius 3 is 2.56 bits per heavy atom. The molecule has 1 aliphatic carbocycles. The number of anilines is 1.